The summed E-state index contributed by atoms with van der Waals surface area (Å²) in [6, 6.07) is 0. The number of rotatable bonds is 5. The maximum atomic E-state index is 9.80. The highest BCUT2D eigenvalue weighted by atomic mass is 28.3. The zero-order valence-corrected chi connectivity index (χ0v) is 11.1. The first-order valence-electron chi connectivity index (χ1n) is 5.39. The van der Waals surface area contributed by atoms with Crippen LogP contribution in [0.2, 0.25) is 25.2 Å². The minimum absolute atomic E-state index is 0.486. The van der Waals surface area contributed by atoms with E-state index in [0.717, 1.165) is 12.0 Å². The Labute approximate surface area is 84.6 Å². The molecule has 0 bridgehead atoms. The highest BCUT2D eigenvalue weighted by molar-refractivity contribution is 6.77. The molecule has 80 valence electrons. The molecule has 2 heteroatoms. The van der Waals surface area contributed by atoms with Crippen molar-refractivity contribution in [1.82, 2.24) is 0 Å². The van der Waals surface area contributed by atoms with E-state index in [-0.39, 0.29) is 0 Å². The van der Waals surface area contributed by atoms with Crippen LogP contribution in [0.15, 0.2) is 0 Å². The fraction of sp³-hybridized carbons (Fsp3) is 1.00. The zero-order chi connectivity index (χ0) is 10.7. The summed E-state index contributed by atoms with van der Waals surface area (Å²) in [6.45, 7) is 13.3. The van der Waals surface area contributed by atoms with Crippen molar-refractivity contribution < 1.29 is 5.11 Å². The lowest BCUT2D eigenvalue weighted by Gasteiger charge is -2.33. The molecule has 1 unspecified atom stereocenters. The van der Waals surface area contributed by atoms with Crippen molar-refractivity contribution in [2.24, 2.45) is 0 Å². The SMILES string of the molecule is CCCC(CC(C)(C)O)[Si](C)(C)C. The molecule has 0 heterocycles. The van der Waals surface area contributed by atoms with Gasteiger partial charge in [-0.05, 0) is 25.8 Å². The Morgan fingerprint density at radius 2 is 1.69 bits per heavy atom. The molecule has 1 atom stereocenters. The van der Waals surface area contributed by atoms with Crippen molar-refractivity contribution in [3.8, 4) is 0 Å². The van der Waals surface area contributed by atoms with E-state index in [4.69, 9.17) is 0 Å². The Kier molecular flexibility index (Phi) is 4.67. The smallest absolute Gasteiger partial charge is 0.0591 e. The summed E-state index contributed by atoms with van der Waals surface area (Å²) in [5, 5.41) is 9.80. The predicted molar refractivity (Wildman–Crippen MR) is 62.9 cm³/mol. The number of hydrogen-bond donors (Lipinski definition) is 1. The Morgan fingerprint density at radius 3 is 1.92 bits per heavy atom. The van der Waals surface area contributed by atoms with Gasteiger partial charge in [0.1, 0.15) is 0 Å². The summed E-state index contributed by atoms with van der Waals surface area (Å²) in [7, 11) is -1.08. The molecule has 0 aromatic carbocycles. The van der Waals surface area contributed by atoms with E-state index >= 15 is 0 Å². The first kappa shape index (κ1) is 13.2. The molecule has 0 saturated heterocycles. The standard InChI is InChI=1S/C11H26OSi/c1-7-8-10(13(4,5)6)9-11(2,3)12/h10,12H,7-9H2,1-6H3. The van der Waals surface area contributed by atoms with Crippen molar-refractivity contribution in [3.05, 3.63) is 0 Å². The zero-order valence-electron chi connectivity index (χ0n) is 10.1. The summed E-state index contributed by atoms with van der Waals surface area (Å²) in [4.78, 5) is 0. The van der Waals surface area contributed by atoms with Gasteiger partial charge in [0.2, 0.25) is 0 Å². The first-order valence-corrected chi connectivity index (χ1v) is 8.97. The highest BCUT2D eigenvalue weighted by Gasteiger charge is 2.30. The van der Waals surface area contributed by atoms with E-state index in [0.29, 0.717) is 0 Å². The molecule has 0 rings (SSSR count). The van der Waals surface area contributed by atoms with Gasteiger partial charge in [0.05, 0.1) is 5.60 Å². The average molecular weight is 202 g/mol. The fourth-order valence-corrected chi connectivity index (χ4v) is 4.06. The molecule has 0 saturated carbocycles. The molecule has 1 nitrogen and oxygen atoms in total. The molecule has 1 N–H and O–H groups in total. The van der Waals surface area contributed by atoms with E-state index in [1.807, 2.05) is 13.8 Å². The van der Waals surface area contributed by atoms with Crippen LogP contribution in [-0.4, -0.2) is 18.8 Å². The van der Waals surface area contributed by atoms with Gasteiger partial charge in [0, 0.05) is 8.07 Å². The molecule has 0 aliphatic carbocycles. The molecule has 0 aromatic rings. The topological polar surface area (TPSA) is 20.2 Å². The van der Waals surface area contributed by atoms with Gasteiger partial charge in [0.25, 0.3) is 0 Å². The summed E-state index contributed by atoms with van der Waals surface area (Å²) >= 11 is 0. The first-order chi connectivity index (χ1) is 5.67. The normalized spacial score (nSPS) is 15.9. The van der Waals surface area contributed by atoms with Crippen LogP contribution in [0.3, 0.4) is 0 Å². The highest BCUT2D eigenvalue weighted by Crippen LogP contribution is 2.34. The molecule has 0 aromatic heterocycles. The maximum absolute atomic E-state index is 9.80. The summed E-state index contributed by atoms with van der Waals surface area (Å²) in [5.41, 5.74) is 0.276. The van der Waals surface area contributed by atoms with E-state index in [1.54, 1.807) is 0 Å². The third kappa shape index (κ3) is 6.27. The largest absolute Gasteiger partial charge is 0.390 e. The van der Waals surface area contributed by atoms with Gasteiger partial charge < -0.3 is 5.11 Å². The van der Waals surface area contributed by atoms with Gasteiger partial charge in [-0.1, -0.05) is 39.4 Å². The summed E-state index contributed by atoms with van der Waals surface area (Å²) in [5.74, 6) is 0. The monoisotopic (exact) mass is 202 g/mol. The van der Waals surface area contributed by atoms with Crippen LogP contribution < -0.4 is 0 Å². The minimum atomic E-state index is -1.08. The molecule has 0 amide bonds. The Hall–Kier alpha value is 0.177. The van der Waals surface area contributed by atoms with E-state index in [1.165, 1.54) is 12.8 Å². The Morgan fingerprint density at radius 1 is 1.23 bits per heavy atom. The third-order valence-electron chi connectivity index (χ3n) is 2.61. The van der Waals surface area contributed by atoms with Gasteiger partial charge in [-0.25, -0.2) is 0 Å². The molecule has 0 aliphatic heterocycles. The lowest BCUT2D eigenvalue weighted by atomic mass is 10.0. The van der Waals surface area contributed by atoms with Gasteiger partial charge in [-0.3, -0.25) is 0 Å². The summed E-state index contributed by atoms with van der Waals surface area (Å²) in [6.07, 6.45) is 3.49. The Balaban J connectivity index is 4.27. The van der Waals surface area contributed by atoms with Gasteiger partial charge >= 0.3 is 0 Å². The average Bonchev–Trinajstić information content (AvgIpc) is 1.81. The van der Waals surface area contributed by atoms with Gasteiger partial charge in [-0.15, -0.1) is 0 Å². The molecule has 0 spiro atoms. The van der Waals surface area contributed by atoms with Crippen LogP contribution in [-0.2, 0) is 0 Å². The predicted octanol–water partition coefficient (Wildman–Crippen LogP) is 3.66. The van der Waals surface area contributed by atoms with Crippen molar-refractivity contribution in [2.75, 3.05) is 0 Å². The van der Waals surface area contributed by atoms with Crippen molar-refractivity contribution in [2.45, 2.75) is 70.8 Å². The van der Waals surface area contributed by atoms with E-state index < -0.39 is 13.7 Å². The van der Waals surface area contributed by atoms with Gasteiger partial charge in [0.15, 0.2) is 0 Å². The fourth-order valence-electron chi connectivity index (χ4n) is 1.79. The maximum Gasteiger partial charge on any atom is 0.0591 e. The molecular formula is C11H26OSi. The molecule has 0 fully saturated rings. The number of aliphatic hydroxyl groups is 1. The second kappa shape index (κ2) is 4.60. The second-order valence-electron chi connectivity index (χ2n) is 5.87. The van der Waals surface area contributed by atoms with Crippen molar-refractivity contribution in [3.63, 3.8) is 0 Å². The van der Waals surface area contributed by atoms with Crippen molar-refractivity contribution >= 4 is 8.07 Å². The quantitative estimate of drug-likeness (QED) is 0.675. The second-order valence-corrected chi connectivity index (χ2v) is 11.4. The van der Waals surface area contributed by atoms with Gasteiger partial charge in [-0.2, -0.15) is 0 Å². The molecular weight excluding hydrogens is 176 g/mol. The third-order valence-corrected chi connectivity index (χ3v) is 5.55. The van der Waals surface area contributed by atoms with Crippen LogP contribution in [0, 0.1) is 0 Å². The summed E-state index contributed by atoms with van der Waals surface area (Å²) < 4.78 is 0. The molecule has 0 aliphatic rings. The van der Waals surface area contributed by atoms with Crippen LogP contribution in [0.1, 0.15) is 40.0 Å². The number of hydrogen-bond acceptors (Lipinski definition) is 1. The lowest BCUT2D eigenvalue weighted by Crippen LogP contribution is -2.34. The van der Waals surface area contributed by atoms with Crippen molar-refractivity contribution in [1.29, 1.82) is 0 Å². The van der Waals surface area contributed by atoms with Crippen LogP contribution >= 0.6 is 0 Å². The molecule has 0 radical (unpaired) electrons. The molecule has 13 heavy (non-hydrogen) atoms. The van der Waals surface area contributed by atoms with E-state index in [2.05, 4.69) is 26.6 Å². The lowest BCUT2D eigenvalue weighted by molar-refractivity contribution is 0.0675. The minimum Gasteiger partial charge on any atom is -0.390 e. The van der Waals surface area contributed by atoms with E-state index in [9.17, 15) is 5.11 Å². The van der Waals surface area contributed by atoms with Crippen LogP contribution in [0.25, 0.3) is 0 Å². The van der Waals surface area contributed by atoms with Crippen LogP contribution in [0.5, 0.6) is 0 Å². The Bertz CT molecular complexity index is 141. The van der Waals surface area contributed by atoms with Crippen LogP contribution in [0.4, 0.5) is 0 Å².